The van der Waals surface area contributed by atoms with Crippen LogP contribution in [0.4, 0.5) is 5.69 Å². The van der Waals surface area contributed by atoms with Gasteiger partial charge in [0.2, 0.25) is 5.91 Å². The average molecular weight is 416 g/mol. The van der Waals surface area contributed by atoms with Crippen LogP contribution in [0.5, 0.6) is 11.5 Å². The fourth-order valence-electron chi connectivity index (χ4n) is 3.06. The van der Waals surface area contributed by atoms with E-state index in [1.54, 1.807) is 24.3 Å². The third-order valence-electron chi connectivity index (χ3n) is 4.68. The van der Waals surface area contributed by atoms with Crippen LogP contribution in [-0.4, -0.2) is 39.8 Å². The lowest BCUT2D eigenvalue weighted by Crippen LogP contribution is -2.08. The quantitative estimate of drug-likeness (QED) is 0.561. The molecule has 3 aromatic rings. The molecule has 9 heteroatoms. The predicted octanol–water partition coefficient (Wildman–Crippen LogP) is 3.24. The number of benzene rings is 2. The molecular formula is C22H20N6O3. The standard InChI is InChI=1S/C22H20N6O3/c1-30-20-13-15(5-9-19(20)31-12-11-23)6-10-21(29)24-17-4-2-3-16(14-17)22-25-26-27-28(22)18-7-8-18/h2-6,9-10,13-14,18H,7-8,12H2,1H3,(H,24,29)/b10-6+. The van der Waals surface area contributed by atoms with E-state index in [2.05, 4.69) is 20.8 Å². The van der Waals surface area contributed by atoms with Crippen LogP contribution >= 0.6 is 0 Å². The van der Waals surface area contributed by atoms with Crippen molar-refractivity contribution >= 4 is 17.7 Å². The molecule has 1 amide bonds. The Bertz CT molecular complexity index is 1160. The van der Waals surface area contributed by atoms with Gasteiger partial charge < -0.3 is 14.8 Å². The minimum absolute atomic E-state index is 0.0694. The van der Waals surface area contributed by atoms with Gasteiger partial charge in [-0.25, -0.2) is 4.68 Å². The van der Waals surface area contributed by atoms with Crippen molar-refractivity contribution in [3.63, 3.8) is 0 Å². The lowest BCUT2D eigenvalue weighted by Gasteiger charge is -2.09. The maximum atomic E-state index is 12.4. The topological polar surface area (TPSA) is 115 Å². The van der Waals surface area contributed by atoms with Gasteiger partial charge in [-0.15, -0.1) is 5.10 Å². The molecule has 2 aromatic carbocycles. The fraction of sp³-hybridized carbons (Fsp3) is 0.227. The van der Waals surface area contributed by atoms with Gasteiger partial charge in [-0.1, -0.05) is 18.2 Å². The van der Waals surface area contributed by atoms with E-state index in [9.17, 15) is 4.79 Å². The van der Waals surface area contributed by atoms with E-state index in [0.29, 0.717) is 29.1 Å². The van der Waals surface area contributed by atoms with Gasteiger partial charge >= 0.3 is 0 Å². The number of methoxy groups -OCH3 is 1. The second kappa shape index (κ2) is 9.09. The number of amides is 1. The first kappa shape index (κ1) is 20.1. The van der Waals surface area contributed by atoms with Crippen molar-refractivity contribution in [1.29, 1.82) is 5.26 Å². The maximum Gasteiger partial charge on any atom is 0.248 e. The molecule has 1 aliphatic rings. The number of aromatic nitrogens is 4. The summed E-state index contributed by atoms with van der Waals surface area (Å²) in [6.45, 7) is -0.0694. The van der Waals surface area contributed by atoms with E-state index in [-0.39, 0.29) is 12.5 Å². The zero-order valence-electron chi connectivity index (χ0n) is 16.9. The Labute approximate surface area is 178 Å². The van der Waals surface area contributed by atoms with Gasteiger partial charge in [-0.3, -0.25) is 4.79 Å². The first-order valence-electron chi connectivity index (χ1n) is 9.73. The number of nitrogens with one attached hydrogen (secondary N) is 1. The third-order valence-corrected chi connectivity index (χ3v) is 4.68. The lowest BCUT2D eigenvalue weighted by molar-refractivity contribution is -0.111. The summed E-state index contributed by atoms with van der Waals surface area (Å²) in [5.41, 5.74) is 2.25. The van der Waals surface area contributed by atoms with Gasteiger partial charge in [0.05, 0.1) is 13.2 Å². The normalized spacial score (nSPS) is 13.0. The Morgan fingerprint density at radius 2 is 2.16 bits per heavy atom. The zero-order valence-corrected chi connectivity index (χ0v) is 16.9. The van der Waals surface area contributed by atoms with E-state index in [0.717, 1.165) is 24.0 Å². The number of hydrogen-bond donors (Lipinski definition) is 1. The number of rotatable bonds is 8. The summed E-state index contributed by atoms with van der Waals surface area (Å²) < 4.78 is 12.4. The molecule has 1 aromatic heterocycles. The van der Waals surface area contributed by atoms with Gasteiger partial charge in [0.25, 0.3) is 0 Å². The molecule has 1 aliphatic carbocycles. The Morgan fingerprint density at radius 3 is 2.94 bits per heavy atom. The number of anilines is 1. The summed E-state index contributed by atoms with van der Waals surface area (Å²) >= 11 is 0. The highest BCUT2D eigenvalue weighted by Gasteiger charge is 2.28. The molecule has 1 fully saturated rings. The van der Waals surface area contributed by atoms with Gasteiger partial charge in [-0.2, -0.15) is 5.26 Å². The van der Waals surface area contributed by atoms with Crippen LogP contribution in [0.1, 0.15) is 24.4 Å². The molecule has 9 nitrogen and oxygen atoms in total. The van der Waals surface area contributed by atoms with E-state index in [4.69, 9.17) is 14.7 Å². The van der Waals surface area contributed by atoms with Crippen LogP contribution in [0.3, 0.4) is 0 Å². The van der Waals surface area contributed by atoms with Gasteiger partial charge in [0.1, 0.15) is 6.07 Å². The number of nitrogens with zero attached hydrogens (tertiary/aromatic N) is 5. The molecule has 0 atom stereocenters. The number of hydrogen-bond acceptors (Lipinski definition) is 7. The molecular weight excluding hydrogens is 396 g/mol. The first-order chi connectivity index (χ1) is 15.2. The summed E-state index contributed by atoms with van der Waals surface area (Å²) in [4.78, 5) is 12.4. The fourth-order valence-corrected chi connectivity index (χ4v) is 3.06. The van der Waals surface area contributed by atoms with Crippen molar-refractivity contribution in [3.05, 3.63) is 54.1 Å². The molecule has 1 N–H and O–H groups in total. The highest BCUT2D eigenvalue weighted by molar-refractivity contribution is 6.02. The molecule has 4 rings (SSSR count). The van der Waals surface area contributed by atoms with Crippen molar-refractivity contribution < 1.29 is 14.3 Å². The molecule has 0 unspecified atom stereocenters. The number of carbonyl (C=O) groups is 1. The summed E-state index contributed by atoms with van der Waals surface area (Å²) in [5.74, 6) is 1.37. The Hall–Kier alpha value is -4.19. The van der Waals surface area contributed by atoms with Crippen molar-refractivity contribution in [2.75, 3.05) is 19.0 Å². The average Bonchev–Trinajstić information content (AvgIpc) is 3.52. The monoisotopic (exact) mass is 416 g/mol. The number of tetrazole rings is 1. The first-order valence-corrected chi connectivity index (χ1v) is 9.73. The number of nitriles is 1. The van der Waals surface area contributed by atoms with Crippen molar-refractivity contribution in [3.8, 4) is 29.0 Å². The minimum atomic E-state index is -0.275. The van der Waals surface area contributed by atoms with Gasteiger partial charge in [-0.05, 0) is 59.2 Å². The van der Waals surface area contributed by atoms with E-state index in [1.807, 2.05) is 35.0 Å². The smallest absolute Gasteiger partial charge is 0.248 e. The molecule has 1 heterocycles. The second-order valence-electron chi connectivity index (χ2n) is 6.94. The second-order valence-corrected chi connectivity index (χ2v) is 6.94. The van der Waals surface area contributed by atoms with E-state index in [1.165, 1.54) is 13.2 Å². The van der Waals surface area contributed by atoms with Crippen LogP contribution in [0, 0.1) is 11.3 Å². The summed E-state index contributed by atoms with van der Waals surface area (Å²) in [6, 6.07) is 14.9. The summed E-state index contributed by atoms with van der Waals surface area (Å²) in [5, 5.41) is 23.5. The zero-order chi connectivity index (χ0) is 21.6. The Balaban J connectivity index is 1.44. The van der Waals surface area contributed by atoms with Crippen LogP contribution in [0.15, 0.2) is 48.5 Å². The van der Waals surface area contributed by atoms with Crippen molar-refractivity contribution in [2.24, 2.45) is 0 Å². The number of carbonyl (C=O) groups excluding carboxylic acids is 1. The molecule has 156 valence electrons. The van der Waals surface area contributed by atoms with Crippen molar-refractivity contribution in [2.45, 2.75) is 18.9 Å². The van der Waals surface area contributed by atoms with Crippen LogP contribution in [-0.2, 0) is 4.79 Å². The third kappa shape index (κ3) is 4.87. The lowest BCUT2D eigenvalue weighted by atomic mass is 10.1. The summed E-state index contributed by atoms with van der Waals surface area (Å²) in [6.07, 6.45) is 5.26. The molecule has 31 heavy (non-hydrogen) atoms. The highest BCUT2D eigenvalue weighted by atomic mass is 16.5. The molecule has 0 aliphatic heterocycles. The van der Waals surface area contributed by atoms with Gasteiger partial charge in [0.15, 0.2) is 23.9 Å². The largest absolute Gasteiger partial charge is 0.493 e. The molecule has 0 saturated heterocycles. The Kier molecular flexibility index (Phi) is 5.89. The molecule has 0 radical (unpaired) electrons. The molecule has 1 saturated carbocycles. The molecule has 0 bridgehead atoms. The van der Waals surface area contributed by atoms with E-state index >= 15 is 0 Å². The maximum absolute atomic E-state index is 12.4. The predicted molar refractivity (Wildman–Crippen MR) is 113 cm³/mol. The van der Waals surface area contributed by atoms with Crippen LogP contribution in [0.25, 0.3) is 17.5 Å². The summed E-state index contributed by atoms with van der Waals surface area (Å²) in [7, 11) is 1.52. The number of ether oxygens (including phenoxy) is 2. The van der Waals surface area contributed by atoms with Crippen molar-refractivity contribution in [1.82, 2.24) is 20.2 Å². The van der Waals surface area contributed by atoms with Crippen LogP contribution in [0.2, 0.25) is 0 Å². The highest BCUT2D eigenvalue weighted by Crippen LogP contribution is 2.36. The van der Waals surface area contributed by atoms with E-state index < -0.39 is 0 Å². The minimum Gasteiger partial charge on any atom is -0.493 e. The van der Waals surface area contributed by atoms with Crippen LogP contribution < -0.4 is 14.8 Å². The SMILES string of the molecule is COc1cc(/C=C/C(=O)Nc2cccc(-c3nnnn3C3CC3)c2)ccc1OCC#N. The molecule has 0 spiro atoms. The van der Waals surface area contributed by atoms with Gasteiger partial charge in [0, 0.05) is 17.3 Å². The Morgan fingerprint density at radius 1 is 1.29 bits per heavy atom.